The van der Waals surface area contributed by atoms with E-state index in [1.54, 1.807) is 36.6 Å². The number of benzene rings is 1. The molecule has 0 amide bonds. The molecule has 7 nitrogen and oxygen atoms in total. The van der Waals surface area contributed by atoms with Gasteiger partial charge in [-0.25, -0.2) is 27.8 Å². The summed E-state index contributed by atoms with van der Waals surface area (Å²) in [7, 11) is -3.93. The summed E-state index contributed by atoms with van der Waals surface area (Å²) in [6.07, 6.45) is 1.53. The van der Waals surface area contributed by atoms with Crippen molar-refractivity contribution in [1.29, 1.82) is 0 Å². The van der Waals surface area contributed by atoms with E-state index in [2.05, 4.69) is 14.7 Å². The summed E-state index contributed by atoms with van der Waals surface area (Å²) >= 11 is 2.47. The Balaban J connectivity index is 1.85. The normalized spacial score (nSPS) is 12.2. The molecule has 3 N–H and O–H groups in total. The number of sulfonamides is 1. The molecule has 0 spiro atoms. The minimum Gasteiger partial charge on any atom is -0.368 e. The van der Waals surface area contributed by atoms with Gasteiger partial charge in [0.05, 0.1) is 27.0 Å². The van der Waals surface area contributed by atoms with Crippen LogP contribution in [0.1, 0.15) is 31.3 Å². The first kappa shape index (κ1) is 23.3. The molecule has 3 aromatic heterocycles. The lowest BCUT2D eigenvalue weighted by Crippen LogP contribution is -2.14. The van der Waals surface area contributed by atoms with Crippen molar-refractivity contribution < 1.29 is 12.8 Å². The number of thiophene rings is 1. The van der Waals surface area contributed by atoms with Gasteiger partial charge in [-0.05, 0) is 42.1 Å². The van der Waals surface area contributed by atoms with E-state index >= 15 is 4.39 Å². The van der Waals surface area contributed by atoms with Gasteiger partial charge in [0, 0.05) is 17.2 Å². The lowest BCUT2D eigenvalue weighted by molar-refractivity contribution is 0.585. The molecule has 0 aliphatic rings. The van der Waals surface area contributed by atoms with Crippen molar-refractivity contribution >= 4 is 44.3 Å². The Hall–Kier alpha value is -2.89. The fraction of sp³-hybridized carbons (Fsp3) is 0.227. The zero-order valence-electron chi connectivity index (χ0n) is 18.4. The number of nitrogens with one attached hydrogen (secondary N) is 1. The minimum absolute atomic E-state index is 0.0949. The van der Waals surface area contributed by atoms with Gasteiger partial charge in [0.1, 0.15) is 4.21 Å². The van der Waals surface area contributed by atoms with Crippen LogP contribution in [0.5, 0.6) is 0 Å². The van der Waals surface area contributed by atoms with Crippen LogP contribution in [0.25, 0.3) is 21.8 Å². The number of halogens is 1. The maximum absolute atomic E-state index is 15.7. The number of aryl methyl sites for hydroxylation is 1. The highest BCUT2D eigenvalue weighted by Gasteiger charge is 2.27. The topological polar surface area (TPSA) is 111 Å². The highest BCUT2D eigenvalue weighted by atomic mass is 32.2. The van der Waals surface area contributed by atoms with Crippen LogP contribution in [0.15, 0.2) is 46.1 Å². The summed E-state index contributed by atoms with van der Waals surface area (Å²) in [4.78, 5) is 13.6. The van der Waals surface area contributed by atoms with E-state index in [-0.39, 0.29) is 26.8 Å². The van der Waals surface area contributed by atoms with Crippen LogP contribution in [0, 0.1) is 12.7 Å². The number of aromatic nitrogens is 3. The van der Waals surface area contributed by atoms with E-state index in [4.69, 9.17) is 10.7 Å². The van der Waals surface area contributed by atoms with Crippen molar-refractivity contribution in [2.45, 2.75) is 37.3 Å². The molecule has 0 radical (unpaired) electrons. The van der Waals surface area contributed by atoms with E-state index in [1.165, 1.54) is 23.6 Å². The van der Waals surface area contributed by atoms with Crippen molar-refractivity contribution in [3.05, 3.63) is 58.3 Å². The van der Waals surface area contributed by atoms with Crippen LogP contribution < -0.4 is 10.5 Å². The molecule has 0 fully saturated rings. The molecular formula is C22H22FN5O2S3. The zero-order valence-corrected chi connectivity index (χ0v) is 20.8. The fourth-order valence-corrected chi connectivity index (χ4v) is 6.70. The first-order chi connectivity index (χ1) is 15.5. The molecular weight excluding hydrogens is 481 g/mol. The van der Waals surface area contributed by atoms with Gasteiger partial charge in [0.2, 0.25) is 5.95 Å². The van der Waals surface area contributed by atoms with Crippen LogP contribution in [-0.4, -0.2) is 23.4 Å². The summed E-state index contributed by atoms with van der Waals surface area (Å²) in [5, 5.41) is 2.46. The largest absolute Gasteiger partial charge is 0.368 e. The first-order valence-electron chi connectivity index (χ1n) is 9.93. The second kappa shape index (κ2) is 8.47. The van der Waals surface area contributed by atoms with Crippen LogP contribution in [0.3, 0.4) is 0 Å². The Bertz CT molecular complexity index is 1440. The van der Waals surface area contributed by atoms with Crippen molar-refractivity contribution in [2.75, 3.05) is 10.5 Å². The Kier molecular flexibility index (Phi) is 5.97. The molecule has 0 aliphatic heterocycles. The number of nitrogens with two attached hydrogens (primary N) is 1. The highest BCUT2D eigenvalue weighted by molar-refractivity contribution is 7.94. The number of rotatable bonds is 5. The number of anilines is 2. The third-order valence-corrected chi connectivity index (χ3v) is 9.29. The van der Waals surface area contributed by atoms with E-state index in [9.17, 15) is 8.42 Å². The third-order valence-electron chi connectivity index (χ3n) is 4.73. The van der Waals surface area contributed by atoms with Crippen molar-refractivity contribution in [1.82, 2.24) is 15.0 Å². The number of hydrogen-bond donors (Lipinski definition) is 2. The molecule has 11 heteroatoms. The molecule has 0 bridgehead atoms. The number of hydrogen-bond acceptors (Lipinski definition) is 8. The van der Waals surface area contributed by atoms with Crippen molar-refractivity contribution in [3.8, 4) is 21.8 Å². The second-order valence-electron chi connectivity index (χ2n) is 8.41. The Morgan fingerprint density at radius 3 is 2.52 bits per heavy atom. The van der Waals surface area contributed by atoms with Crippen molar-refractivity contribution in [2.24, 2.45) is 0 Å². The van der Waals surface area contributed by atoms with Gasteiger partial charge in [0.15, 0.2) is 5.82 Å². The molecule has 0 unspecified atom stereocenters. The van der Waals surface area contributed by atoms with E-state index in [1.807, 2.05) is 20.8 Å². The summed E-state index contributed by atoms with van der Waals surface area (Å²) in [5.41, 5.74) is 6.98. The van der Waals surface area contributed by atoms with Gasteiger partial charge in [-0.2, -0.15) is 0 Å². The van der Waals surface area contributed by atoms with Gasteiger partial charge in [-0.1, -0.05) is 26.8 Å². The molecule has 3 heterocycles. The number of thiazole rings is 1. The number of nitrogens with zero attached hydrogens (tertiary/aromatic N) is 3. The lowest BCUT2D eigenvalue weighted by atomic mass is 9.98. The minimum atomic E-state index is -3.93. The molecule has 0 saturated heterocycles. The lowest BCUT2D eigenvalue weighted by Gasteiger charge is -2.13. The van der Waals surface area contributed by atoms with Crippen LogP contribution in [0.4, 0.5) is 16.0 Å². The zero-order chi connectivity index (χ0) is 24.0. The maximum atomic E-state index is 15.7. The maximum Gasteiger partial charge on any atom is 0.271 e. The quantitative estimate of drug-likeness (QED) is 0.374. The molecule has 33 heavy (non-hydrogen) atoms. The average molecular weight is 504 g/mol. The van der Waals surface area contributed by atoms with Crippen LogP contribution >= 0.6 is 22.7 Å². The predicted molar refractivity (Wildman–Crippen MR) is 132 cm³/mol. The smallest absolute Gasteiger partial charge is 0.271 e. The second-order valence-corrected chi connectivity index (χ2v) is 12.2. The Labute approximate surface area is 199 Å². The van der Waals surface area contributed by atoms with E-state index < -0.39 is 15.8 Å². The molecule has 0 aliphatic carbocycles. The van der Waals surface area contributed by atoms with Gasteiger partial charge < -0.3 is 5.73 Å². The number of nitrogen functional groups attached to an aromatic ring is 1. The van der Waals surface area contributed by atoms with E-state index in [0.717, 1.165) is 16.3 Å². The van der Waals surface area contributed by atoms with Gasteiger partial charge >= 0.3 is 0 Å². The summed E-state index contributed by atoms with van der Waals surface area (Å²) in [5.74, 6) is -0.623. The standard InChI is InChI=1S/C22H22FN5O2S3/c1-12-9-11-31-19(12)33(29,30)28-14-7-5-6-13(16(14)23)17-18(15-8-10-25-21(24)26-15)32-20(27-17)22(2,3)4/h5-11,28H,1-4H3,(H2,24,25,26). The van der Waals surface area contributed by atoms with Gasteiger partial charge in [0.25, 0.3) is 10.0 Å². The SMILES string of the molecule is Cc1ccsc1S(=O)(=O)Nc1cccc(-c2nc(C(C)(C)C)sc2-c2ccnc(N)n2)c1F. The van der Waals surface area contributed by atoms with Crippen molar-refractivity contribution in [3.63, 3.8) is 0 Å². The molecule has 172 valence electrons. The summed E-state index contributed by atoms with van der Waals surface area (Å²) in [6.45, 7) is 7.73. The van der Waals surface area contributed by atoms with Crippen LogP contribution in [-0.2, 0) is 15.4 Å². The predicted octanol–water partition coefficient (Wildman–Crippen LogP) is 5.46. The Morgan fingerprint density at radius 1 is 1.12 bits per heavy atom. The summed E-state index contributed by atoms with van der Waals surface area (Å²) in [6, 6.07) is 7.93. The molecule has 1 aromatic carbocycles. The Morgan fingerprint density at radius 2 is 1.88 bits per heavy atom. The summed E-state index contributed by atoms with van der Waals surface area (Å²) < 4.78 is 43.9. The molecule has 4 rings (SSSR count). The van der Waals surface area contributed by atoms with Crippen LogP contribution in [0.2, 0.25) is 0 Å². The highest BCUT2D eigenvalue weighted by Crippen LogP contribution is 2.42. The molecule has 4 aromatic rings. The monoisotopic (exact) mass is 503 g/mol. The third kappa shape index (κ3) is 4.61. The van der Waals surface area contributed by atoms with E-state index in [0.29, 0.717) is 21.8 Å². The fourth-order valence-electron chi connectivity index (χ4n) is 3.12. The van der Waals surface area contributed by atoms with Gasteiger partial charge in [-0.3, -0.25) is 4.72 Å². The van der Waals surface area contributed by atoms with Gasteiger partial charge in [-0.15, -0.1) is 22.7 Å². The molecule has 0 saturated carbocycles. The average Bonchev–Trinajstić information content (AvgIpc) is 3.36. The first-order valence-corrected chi connectivity index (χ1v) is 13.1. The molecule has 0 atom stereocenters.